The lowest BCUT2D eigenvalue weighted by Crippen LogP contribution is -2.42. The number of aryl methyl sites for hydroxylation is 2. The van der Waals surface area contributed by atoms with E-state index in [0.717, 1.165) is 22.3 Å². The smallest absolute Gasteiger partial charge is 0.252 e. The van der Waals surface area contributed by atoms with E-state index in [2.05, 4.69) is 5.16 Å². The van der Waals surface area contributed by atoms with Crippen LogP contribution in [-0.4, -0.2) is 33.6 Å². The average molecular weight is 525 g/mol. The Morgan fingerprint density at radius 1 is 1.13 bits per heavy atom. The number of halogens is 3. The first-order valence-electron chi connectivity index (χ1n) is 12.7. The van der Waals surface area contributed by atoms with E-state index in [-0.39, 0.29) is 24.5 Å². The number of nitrogens with zero attached hydrogens (tertiary/aromatic N) is 4. The number of hydrogen-bond acceptors (Lipinski definition) is 5. The van der Waals surface area contributed by atoms with Gasteiger partial charge in [0.05, 0.1) is 29.9 Å². The van der Waals surface area contributed by atoms with Gasteiger partial charge >= 0.3 is 0 Å². The molecular weight excluding hydrogens is 497 g/mol. The van der Waals surface area contributed by atoms with Gasteiger partial charge in [0.1, 0.15) is 11.6 Å². The molecule has 1 aliphatic heterocycles. The first kappa shape index (κ1) is 24.5. The van der Waals surface area contributed by atoms with Crippen molar-refractivity contribution in [1.29, 1.82) is 0 Å². The minimum Gasteiger partial charge on any atom is -0.494 e. The third-order valence-electron chi connectivity index (χ3n) is 7.63. The number of anilines is 1. The second kappa shape index (κ2) is 8.89. The molecule has 2 aliphatic rings. The summed E-state index contributed by atoms with van der Waals surface area (Å²) >= 11 is 0. The van der Waals surface area contributed by atoms with Crippen LogP contribution in [0.25, 0.3) is 22.2 Å². The lowest BCUT2D eigenvalue weighted by molar-refractivity contribution is -0.120. The number of aromatic nitrogens is 3. The van der Waals surface area contributed by atoms with Gasteiger partial charge < -0.3 is 18.7 Å². The van der Waals surface area contributed by atoms with Crippen LogP contribution in [0.2, 0.25) is 0 Å². The Labute approximate surface area is 217 Å². The Kier molecular flexibility index (Phi) is 5.73. The summed E-state index contributed by atoms with van der Waals surface area (Å²) in [6.45, 7) is 3.69. The summed E-state index contributed by atoms with van der Waals surface area (Å²) in [6, 6.07) is 9.10. The molecule has 4 aromatic rings. The van der Waals surface area contributed by atoms with Crippen molar-refractivity contribution in [3.8, 4) is 16.9 Å². The van der Waals surface area contributed by atoms with E-state index in [1.807, 2.05) is 36.6 Å². The van der Waals surface area contributed by atoms with Crippen molar-refractivity contribution in [2.45, 2.75) is 64.0 Å². The predicted molar refractivity (Wildman–Crippen MR) is 135 cm³/mol. The van der Waals surface area contributed by atoms with Crippen molar-refractivity contribution in [2.24, 2.45) is 0 Å². The molecule has 2 fully saturated rings. The molecule has 0 unspecified atom stereocenters. The summed E-state index contributed by atoms with van der Waals surface area (Å²) in [7, 11) is 1.38. The first-order chi connectivity index (χ1) is 18.2. The molecule has 0 bridgehead atoms. The van der Waals surface area contributed by atoms with E-state index in [1.54, 1.807) is 11.0 Å². The number of ether oxygens (including phenoxy) is 1. The monoisotopic (exact) mass is 524 g/mol. The van der Waals surface area contributed by atoms with Crippen LogP contribution in [0.4, 0.5) is 18.9 Å². The molecule has 2 aromatic heterocycles. The number of alkyl halides is 2. The Balaban J connectivity index is 1.50. The van der Waals surface area contributed by atoms with Crippen molar-refractivity contribution in [2.75, 3.05) is 12.0 Å². The number of methoxy groups -OCH3 is 1. The van der Waals surface area contributed by atoms with Crippen LogP contribution in [-0.2, 0) is 4.79 Å². The first-order valence-corrected chi connectivity index (χ1v) is 12.7. The molecule has 0 radical (unpaired) electrons. The SMILES string of the molecule is COc1ccc(N2C(=O)CCC[C@H]2c2nc3cc(-c4c(C)noc4C)ccc3n2C2CC(F)(F)C2)cc1F. The summed E-state index contributed by atoms with van der Waals surface area (Å²) in [5, 5.41) is 4.04. The molecule has 1 saturated carbocycles. The number of piperidine rings is 1. The summed E-state index contributed by atoms with van der Waals surface area (Å²) in [4.78, 5) is 19.7. The largest absolute Gasteiger partial charge is 0.494 e. The molecule has 3 heterocycles. The van der Waals surface area contributed by atoms with E-state index in [0.29, 0.717) is 42.1 Å². The predicted octanol–water partition coefficient (Wildman–Crippen LogP) is 6.68. The molecule has 0 spiro atoms. The maximum absolute atomic E-state index is 14.7. The lowest BCUT2D eigenvalue weighted by atomic mass is 9.87. The number of carbonyl (C=O) groups excluding carboxylic acids is 1. The molecule has 1 saturated heterocycles. The second-order valence-electron chi connectivity index (χ2n) is 10.2. The van der Waals surface area contributed by atoms with Gasteiger partial charge in [-0.2, -0.15) is 0 Å². The molecular formula is C28H27F3N4O3. The normalized spacial score (nSPS) is 19.7. The quantitative estimate of drug-likeness (QED) is 0.291. The Hall–Kier alpha value is -3.82. The maximum Gasteiger partial charge on any atom is 0.252 e. The van der Waals surface area contributed by atoms with E-state index in [1.165, 1.54) is 19.2 Å². The summed E-state index contributed by atoms with van der Waals surface area (Å²) in [5.74, 6) is -2.22. The molecule has 1 atom stereocenters. The third kappa shape index (κ3) is 3.93. The molecule has 38 heavy (non-hydrogen) atoms. The number of hydrogen-bond donors (Lipinski definition) is 0. The van der Waals surface area contributed by atoms with E-state index < -0.39 is 23.8 Å². The zero-order valence-electron chi connectivity index (χ0n) is 21.3. The number of amides is 1. The van der Waals surface area contributed by atoms with Gasteiger partial charge in [0.25, 0.3) is 5.92 Å². The molecule has 0 N–H and O–H groups in total. The van der Waals surface area contributed by atoms with E-state index >= 15 is 0 Å². The standard InChI is InChI=1S/C28H27F3N4O3/c1-15-26(16(2)38-33-15)17-7-9-22-21(11-17)32-27(35(22)19-13-28(30,31)14-19)23-5-4-6-25(36)34(23)18-8-10-24(37-3)20(29)12-18/h7-12,19,23H,4-6,13-14H2,1-3H3/t23-/m0/s1. The van der Waals surface area contributed by atoms with Gasteiger partial charge in [0, 0.05) is 42.6 Å². The van der Waals surface area contributed by atoms with Crippen molar-refractivity contribution >= 4 is 22.6 Å². The fourth-order valence-electron chi connectivity index (χ4n) is 5.84. The van der Waals surface area contributed by atoms with Gasteiger partial charge in [-0.25, -0.2) is 18.2 Å². The van der Waals surface area contributed by atoms with Crippen LogP contribution in [0.15, 0.2) is 40.9 Å². The van der Waals surface area contributed by atoms with Crippen molar-refractivity contribution in [3.05, 3.63) is 59.5 Å². The van der Waals surface area contributed by atoms with E-state index in [9.17, 15) is 18.0 Å². The van der Waals surface area contributed by atoms with Gasteiger partial charge in [-0.05, 0) is 56.5 Å². The van der Waals surface area contributed by atoms with Crippen LogP contribution in [0.3, 0.4) is 0 Å². The van der Waals surface area contributed by atoms with Crippen LogP contribution >= 0.6 is 0 Å². The highest BCUT2D eigenvalue weighted by Gasteiger charge is 2.48. The fourth-order valence-corrected chi connectivity index (χ4v) is 5.84. The number of imidazole rings is 1. The Bertz CT molecular complexity index is 1530. The summed E-state index contributed by atoms with van der Waals surface area (Å²) < 4.78 is 55.0. The Morgan fingerprint density at radius 3 is 2.58 bits per heavy atom. The molecule has 7 nitrogen and oxygen atoms in total. The highest BCUT2D eigenvalue weighted by Crippen LogP contribution is 2.49. The highest BCUT2D eigenvalue weighted by molar-refractivity contribution is 5.95. The molecule has 2 aromatic carbocycles. The molecule has 1 aliphatic carbocycles. The molecule has 1 amide bonds. The van der Waals surface area contributed by atoms with Crippen LogP contribution in [0, 0.1) is 19.7 Å². The lowest BCUT2D eigenvalue weighted by Gasteiger charge is -2.40. The van der Waals surface area contributed by atoms with E-state index in [4.69, 9.17) is 14.2 Å². The Morgan fingerprint density at radius 2 is 1.92 bits per heavy atom. The summed E-state index contributed by atoms with van der Waals surface area (Å²) in [6.07, 6.45) is 0.904. The van der Waals surface area contributed by atoms with Crippen LogP contribution in [0.5, 0.6) is 5.75 Å². The highest BCUT2D eigenvalue weighted by atomic mass is 19.3. The number of benzene rings is 2. The van der Waals surface area contributed by atoms with Gasteiger partial charge in [-0.3, -0.25) is 4.79 Å². The zero-order valence-corrected chi connectivity index (χ0v) is 21.3. The van der Waals surface area contributed by atoms with Gasteiger partial charge in [0.15, 0.2) is 11.6 Å². The van der Waals surface area contributed by atoms with Crippen molar-refractivity contribution in [3.63, 3.8) is 0 Å². The maximum atomic E-state index is 14.7. The van der Waals surface area contributed by atoms with Crippen molar-refractivity contribution < 1.29 is 27.2 Å². The minimum atomic E-state index is -2.74. The molecule has 198 valence electrons. The minimum absolute atomic E-state index is 0.0746. The van der Waals surface area contributed by atoms with Crippen LogP contribution < -0.4 is 9.64 Å². The third-order valence-corrected chi connectivity index (χ3v) is 7.63. The number of carbonyl (C=O) groups is 1. The number of rotatable bonds is 5. The van der Waals surface area contributed by atoms with Gasteiger partial charge in [-0.15, -0.1) is 0 Å². The van der Waals surface area contributed by atoms with Crippen LogP contribution in [0.1, 0.15) is 61.5 Å². The van der Waals surface area contributed by atoms with Gasteiger partial charge in [-0.1, -0.05) is 11.2 Å². The zero-order chi connectivity index (χ0) is 26.8. The number of fused-ring (bicyclic) bond motifs is 1. The molecule has 6 rings (SSSR count). The summed E-state index contributed by atoms with van der Waals surface area (Å²) in [5.41, 5.74) is 4.19. The van der Waals surface area contributed by atoms with Crippen molar-refractivity contribution in [1.82, 2.24) is 14.7 Å². The second-order valence-corrected chi connectivity index (χ2v) is 10.2. The topological polar surface area (TPSA) is 73.4 Å². The fraction of sp³-hybridized carbons (Fsp3) is 0.393. The average Bonchev–Trinajstić information content (AvgIpc) is 3.40. The van der Waals surface area contributed by atoms with Gasteiger partial charge in [0.2, 0.25) is 5.91 Å². The molecule has 10 heteroatoms.